The van der Waals surface area contributed by atoms with Crippen molar-refractivity contribution in [1.82, 2.24) is 14.4 Å². The zero-order valence-corrected chi connectivity index (χ0v) is 22.6. The van der Waals surface area contributed by atoms with Gasteiger partial charge in [-0.1, -0.05) is 61.2 Å². The molecule has 1 aliphatic carbocycles. The highest BCUT2D eigenvalue weighted by atomic mass is 35.5. The summed E-state index contributed by atoms with van der Waals surface area (Å²) in [6, 6.07) is 17.7. The summed E-state index contributed by atoms with van der Waals surface area (Å²) in [4.78, 5) is 30.4. The van der Waals surface area contributed by atoms with Gasteiger partial charge in [-0.05, 0) is 48.7 Å². The van der Waals surface area contributed by atoms with Crippen molar-refractivity contribution in [2.24, 2.45) is 0 Å². The van der Waals surface area contributed by atoms with Gasteiger partial charge in [-0.25, -0.2) is 4.39 Å². The van der Waals surface area contributed by atoms with E-state index in [-0.39, 0.29) is 37.2 Å². The molecule has 1 aliphatic rings. The molecule has 2 aromatic carbocycles. The highest BCUT2D eigenvalue weighted by Gasteiger charge is 2.29. The molecule has 1 heterocycles. The lowest BCUT2D eigenvalue weighted by Gasteiger charge is -2.36. The molecule has 0 unspecified atom stereocenters. The van der Waals surface area contributed by atoms with Crippen LogP contribution in [0.4, 0.5) is 4.39 Å². The Balaban J connectivity index is 1.56. The molecule has 0 aliphatic heterocycles. The van der Waals surface area contributed by atoms with Crippen LogP contribution in [0, 0.1) is 5.82 Å². The molecule has 0 radical (unpaired) electrons. The van der Waals surface area contributed by atoms with Crippen LogP contribution in [0.5, 0.6) is 0 Å². The zero-order valence-electron chi connectivity index (χ0n) is 21.8. The molecule has 0 bridgehead atoms. The number of hydrogen-bond donors (Lipinski definition) is 0. The number of hydrogen-bond acceptors (Lipinski definition) is 3. The van der Waals surface area contributed by atoms with Crippen LogP contribution >= 0.6 is 11.6 Å². The van der Waals surface area contributed by atoms with Crippen molar-refractivity contribution in [2.75, 3.05) is 26.8 Å². The predicted octanol–water partition coefficient (Wildman–Crippen LogP) is 5.78. The lowest BCUT2D eigenvalue weighted by Crippen LogP contribution is -2.48. The Hall–Kier alpha value is -3.16. The van der Waals surface area contributed by atoms with E-state index in [0.29, 0.717) is 18.1 Å². The second-order valence-electron chi connectivity index (χ2n) is 9.73. The van der Waals surface area contributed by atoms with Crippen LogP contribution in [0.2, 0.25) is 5.02 Å². The maximum atomic E-state index is 14.4. The topological polar surface area (TPSA) is 54.8 Å². The van der Waals surface area contributed by atoms with Gasteiger partial charge in [0.05, 0.1) is 18.7 Å². The molecule has 0 atom stereocenters. The van der Waals surface area contributed by atoms with Crippen molar-refractivity contribution in [3.8, 4) is 0 Å². The van der Waals surface area contributed by atoms with Crippen LogP contribution in [0.1, 0.15) is 53.7 Å². The van der Waals surface area contributed by atoms with E-state index in [1.54, 1.807) is 12.1 Å². The first-order valence-electron chi connectivity index (χ1n) is 13.2. The Labute approximate surface area is 228 Å². The molecule has 2 amide bonds. The summed E-state index contributed by atoms with van der Waals surface area (Å²) in [5.41, 5.74) is 1.95. The van der Waals surface area contributed by atoms with Gasteiger partial charge < -0.3 is 19.1 Å². The summed E-state index contributed by atoms with van der Waals surface area (Å²) < 4.78 is 21.7. The molecule has 3 aromatic rings. The minimum Gasteiger partial charge on any atom is -0.383 e. The molecule has 1 saturated carbocycles. The van der Waals surface area contributed by atoms with Gasteiger partial charge in [0.15, 0.2) is 0 Å². The van der Waals surface area contributed by atoms with Crippen molar-refractivity contribution < 1.29 is 18.7 Å². The summed E-state index contributed by atoms with van der Waals surface area (Å²) in [6.07, 6.45) is 7.14. The van der Waals surface area contributed by atoms with Crippen molar-refractivity contribution in [3.05, 3.63) is 94.5 Å². The lowest BCUT2D eigenvalue weighted by molar-refractivity contribution is -0.136. The minimum atomic E-state index is -0.603. The van der Waals surface area contributed by atoms with Gasteiger partial charge in [0, 0.05) is 43.2 Å². The monoisotopic (exact) mass is 539 g/mol. The van der Waals surface area contributed by atoms with Gasteiger partial charge in [-0.2, -0.15) is 0 Å². The zero-order chi connectivity index (χ0) is 26.9. The fourth-order valence-corrected chi connectivity index (χ4v) is 5.25. The largest absolute Gasteiger partial charge is 0.383 e. The Morgan fingerprint density at radius 2 is 1.76 bits per heavy atom. The van der Waals surface area contributed by atoms with E-state index in [2.05, 4.69) is 4.57 Å². The third-order valence-electron chi connectivity index (χ3n) is 7.17. The number of amides is 2. The van der Waals surface area contributed by atoms with Gasteiger partial charge in [0.2, 0.25) is 5.91 Å². The third kappa shape index (κ3) is 7.03. The molecule has 4 rings (SSSR count). The number of benzene rings is 2. The summed E-state index contributed by atoms with van der Waals surface area (Å²) in [5, 5.41) is 0.702. The number of carbonyl (C=O) groups excluding carboxylic acids is 2. The minimum absolute atomic E-state index is 0.0470. The lowest BCUT2D eigenvalue weighted by atomic mass is 9.94. The van der Waals surface area contributed by atoms with Gasteiger partial charge in [0.25, 0.3) is 5.91 Å². The standard InChI is InChI=1S/C30H35ClFN3O3/c1-38-19-18-34(30(37)26-14-6-8-16-28(26)32)22-29(36)35(24-11-3-2-4-12-24)21-25-13-9-17-33(25)20-23-10-5-7-15-27(23)31/h5-10,13-17,24H,2-4,11-12,18-22H2,1H3. The number of methoxy groups -OCH3 is 1. The summed E-state index contributed by atoms with van der Waals surface area (Å²) in [7, 11) is 1.54. The van der Waals surface area contributed by atoms with Crippen molar-refractivity contribution in [2.45, 2.75) is 51.2 Å². The highest BCUT2D eigenvalue weighted by molar-refractivity contribution is 6.31. The Bertz CT molecular complexity index is 1220. The number of nitrogens with zero attached hydrogens (tertiary/aromatic N) is 3. The number of ether oxygens (including phenoxy) is 1. The molecule has 1 aromatic heterocycles. The SMILES string of the molecule is COCCN(CC(=O)N(Cc1cccn1Cc1ccccc1Cl)C1CCCCC1)C(=O)c1ccccc1F. The maximum absolute atomic E-state index is 14.4. The molecule has 0 spiro atoms. The van der Waals surface area contributed by atoms with E-state index in [9.17, 15) is 14.0 Å². The van der Waals surface area contributed by atoms with E-state index < -0.39 is 11.7 Å². The second-order valence-corrected chi connectivity index (χ2v) is 10.1. The number of rotatable bonds is 11. The van der Waals surface area contributed by atoms with Crippen LogP contribution in [-0.4, -0.2) is 59.0 Å². The Morgan fingerprint density at radius 3 is 2.50 bits per heavy atom. The van der Waals surface area contributed by atoms with Gasteiger partial charge in [-0.15, -0.1) is 0 Å². The number of carbonyl (C=O) groups is 2. The van der Waals surface area contributed by atoms with Gasteiger partial charge in [-0.3, -0.25) is 9.59 Å². The van der Waals surface area contributed by atoms with E-state index in [1.807, 2.05) is 47.5 Å². The first-order valence-corrected chi connectivity index (χ1v) is 13.6. The average molecular weight is 540 g/mol. The second kappa shape index (κ2) is 13.6. The molecule has 38 heavy (non-hydrogen) atoms. The van der Waals surface area contributed by atoms with E-state index in [1.165, 1.54) is 24.1 Å². The predicted molar refractivity (Wildman–Crippen MR) is 147 cm³/mol. The quantitative estimate of drug-likeness (QED) is 0.310. The number of halogens is 2. The molecule has 1 fully saturated rings. The normalized spacial score (nSPS) is 13.9. The van der Waals surface area contributed by atoms with Crippen LogP contribution in [-0.2, 0) is 22.6 Å². The van der Waals surface area contributed by atoms with Crippen molar-refractivity contribution in [1.29, 1.82) is 0 Å². The first-order chi connectivity index (χ1) is 18.5. The molecule has 0 N–H and O–H groups in total. The number of aromatic nitrogens is 1. The molecular weight excluding hydrogens is 505 g/mol. The molecular formula is C30H35ClFN3O3. The fraction of sp³-hybridized carbons (Fsp3) is 0.400. The van der Waals surface area contributed by atoms with Crippen LogP contribution in [0.3, 0.4) is 0 Å². The Morgan fingerprint density at radius 1 is 1.03 bits per heavy atom. The smallest absolute Gasteiger partial charge is 0.257 e. The Kier molecular flexibility index (Phi) is 9.96. The molecule has 8 heteroatoms. The average Bonchev–Trinajstić information content (AvgIpc) is 3.37. The van der Waals surface area contributed by atoms with Crippen LogP contribution in [0.25, 0.3) is 0 Å². The van der Waals surface area contributed by atoms with E-state index >= 15 is 0 Å². The molecule has 6 nitrogen and oxygen atoms in total. The van der Waals surface area contributed by atoms with E-state index in [4.69, 9.17) is 16.3 Å². The highest BCUT2D eigenvalue weighted by Crippen LogP contribution is 2.26. The van der Waals surface area contributed by atoms with Crippen LogP contribution < -0.4 is 0 Å². The molecule has 202 valence electrons. The summed E-state index contributed by atoms with van der Waals surface area (Å²) in [6.45, 7) is 1.32. The summed E-state index contributed by atoms with van der Waals surface area (Å²) in [5.74, 6) is -1.27. The van der Waals surface area contributed by atoms with E-state index in [0.717, 1.165) is 43.4 Å². The van der Waals surface area contributed by atoms with Gasteiger partial charge in [0.1, 0.15) is 12.4 Å². The maximum Gasteiger partial charge on any atom is 0.257 e. The fourth-order valence-electron chi connectivity index (χ4n) is 5.06. The van der Waals surface area contributed by atoms with Crippen LogP contribution in [0.15, 0.2) is 66.9 Å². The summed E-state index contributed by atoms with van der Waals surface area (Å²) >= 11 is 6.41. The van der Waals surface area contributed by atoms with Crippen molar-refractivity contribution >= 4 is 23.4 Å². The molecule has 0 saturated heterocycles. The third-order valence-corrected chi connectivity index (χ3v) is 7.54. The first kappa shape index (κ1) is 27.9. The van der Waals surface area contributed by atoms with Gasteiger partial charge >= 0.3 is 0 Å². The van der Waals surface area contributed by atoms with Crippen molar-refractivity contribution in [3.63, 3.8) is 0 Å².